The Labute approximate surface area is 113 Å². The lowest BCUT2D eigenvalue weighted by atomic mass is 9.87. The number of carbonyl (C=O) groups is 1. The molecule has 2 aliphatic rings. The number of aromatic nitrogens is 2. The third-order valence-corrected chi connectivity index (χ3v) is 4.58. The Kier molecular flexibility index (Phi) is 3.09. The van der Waals surface area contributed by atoms with E-state index in [0.717, 1.165) is 32.5 Å². The van der Waals surface area contributed by atoms with Crippen molar-refractivity contribution in [2.24, 2.45) is 5.41 Å². The maximum Gasteiger partial charge on any atom is 0.248 e. The molecule has 0 bridgehead atoms. The average Bonchev–Trinajstić information content (AvgIpc) is 2.96. The normalized spacial score (nSPS) is 23.8. The quantitative estimate of drug-likeness (QED) is 0.847. The van der Waals surface area contributed by atoms with E-state index >= 15 is 0 Å². The fourth-order valence-electron chi connectivity index (χ4n) is 2.77. The SMILES string of the molecule is CC1(CNC(=O)C2(n3cccn3)CCNCC2)CC1. The van der Waals surface area contributed by atoms with Crippen LogP contribution in [0.4, 0.5) is 0 Å². The topological polar surface area (TPSA) is 59.0 Å². The zero-order chi connectivity index (χ0) is 13.3. The van der Waals surface area contributed by atoms with Crippen LogP contribution >= 0.6 is 0 Å². The zero-order valence-corrected chi connectivity index (χ0v) is 11.5. The van der Waals surface area contributed by atoms with Crippen molar-refractivity contribution in [1.29, 1.82) is 0 Å². The van der Waals surface area contributed by atoms with Gasteiger partial charge in [-0.2, -0.15) is 5.10 Å². The molecule has 1 aromatic rings. The van der Waals surface area contributed by atoms with Crippen LogP contribution in [0.2, 0.25) is 0 Å². The Balaban J connectivity index is 1.76. The first-order valence-corrected chi connectivity index (χ1v) is 7.14. The molecule has 2 N–H and O–H groups in total. The summed E-state index contributed by atoms with van der Waals surface area (Å²) in [6, 6.07) is 1.89. The minimum absolute atomic E-state index is 0.130. The second kappa shape index (κ2) is 4.63. The van der Waals surface area contributed by atoms with Crippen LogP contribution in [0.5, 0.6) is 0 Å². The van der Waals surface area contributed by atoms with Crippen LogP contribution in [-0.4, -0.2) is 35.3 Å². The summed E-state index contributed by atoms with van der Waals surface area (Å²) in [5, 5.41) is 10.8. The molecule has 1 aromatic heterocycles. The molecule has 0 radical (unpaired) electrons. The van der Waals surface area contributed by atoms with Crippen LogP contribution in [0.3, 0.4) is 0 Å². The van der Waals surface area contributed by atoms with Crippen molar-refractivity contribution < 1.29 is 4.79 Å². The van der Waals surface area contributed by atoms with E-state index in [1.54, 1.807) is 6.20 Å². The molecule has 2 fully saturated rings. The van der Waals surface area contributed by atoms with Crippen molar-refractivity contribution >= 4 is 5.91 Å². The van der Waals surface area contributed by atoms with Gasteiger partial charge in [-0.3, -0.25) is 9.48 Å². The number of nitrogens with zero attached hydrogens (tertiary/aromatic N) is 2. The van der Waals surface area contributed by atoms with Crippen LogP contribution in [0.15, 0.2) is 18.5 Å². The first kappa shape index (κ1) is 12.7. The van der Waals surface area contributed by atoms with Gasteiger partial charge in [-0.05, 0) is 50.3 Å². The predicted molar refractivity (Wildman–Crippen MR) is 72.7 cm³/mol. The Hall–Kier alpha value is -1.36. The predicted octanol–water partition coefficient (Wildman–Crippen LogP) is 0.878. The van der Waals surface area contributed by atoms with Gasteiger partial charge >= 0.3 is 0 Å². The van der Waals surface area contributed by atoms with Gasteiger partial charge in [0.2, 0.25) is 5.91 Å². The molecule has 2 heterocycles. The van der Waals surface area contributed by atoms with Gasteiger partial charge in [0.05, 0.1) is 0 Å². The number of carbonyl (C=O) groups excluding carboxylic acids is 1. The minimum Gasteiger partial charge on any atom is -0.353 e. The van der Waals surface area contributed by atoms with Crippen molar-refractivity contribution in [3.8, 4) is 0 Å². The van der Waals surface area contributed by atoms with E-state index in [1.165, 1.54) is 12.8 Å². The fraction of sp³-hybridized carbons (Fsp3) is 0.714. The molecule has 19 heavy (non-hydrogen) atoms. The average molecular weight is 262 g/mol. The highest BCUT2D eigenvalue weighted by Crippen LogP contribution is 2.44. The molecule has 5 heteroatoms. The van der Waals surface area contributed by atoms with Gasteiger partial charge in [-0.1, -0.05) is 6.92 Å². The van der Waals surface area contributed by atoms with E-state index in [2.05, 4.69) is 22.7 Å². The molecular formula is C14H22N4O. The molecule has 5 nitrogen and oxygen atoms in total. The van der Waals surface area contributed by atoms with Crippen molar-refractivity contribution in [3.05, 3.63) is 18.5 Å². The summed E-state index contributed by atoms with van der Waals surface area (Å²) in [7, 11) is 0. The highest BCUT2D eigenvalue weighted by atomic mass is 16.2. The van der Waals surface area contributed by atoms with E-state index in [4.69, 9.17) is 0 Å². The molecule has 0 aromatic carbocycles. The van der Waals surface area contributed by atoms with E-state index in [1.807, 2.05) is 16.9 Å². The number of hydrogen-bond donors (Lipinski definition) is 2. The maximum atomic E-state index is 12.7. The highest BCUT2D eigenvalue weighted by Gasteiger charge is 2.44. The summed E-state index contributed by atoms with van der Waals surface area (Å²) in [5.74, 6) is 0.130. The highest BCUT2D eigenvalue weighted by molar-refractivity contribution is 5.84. The molecule has 1 aliphatic carbocycles. The molecule has 3 rings (SSSR count). The number of amides is 1. The maximum absolute atomic E-state index is 12.7. The van der Waals surface area contributed by atoms with Gasteiger partial charge in [0.1, 0.15) is 5.54 Å². The Morgan fingerprint density at radius 1 is 1.37 bits per heavy atom. The van der Waals surface area contributed by atoms with Crippen molar-refractivity contribution in [3.63, 3.8) is 0 Å². The number of hydrogen-bond acceptors (Lipinski definition) is 3. The van der Waals surface area contributed by atoms with Crippen LogP contribution < -0.4 is 10.6 Å². The van der Waals surface area contributed by atoms with Gasteiger partial charge in [-0.25, -0.2) is 0 Å². The molecule has 1 amide bonds. The van der Waals surface area contributed by atoms with Crippen LogP contribution in [0, 0.1) is 5.41 Å². The molecule has 1 aliphatic heterocycles. The summed E-state index contributed by atoms with van der Waals surface area (Å²) >= 11 is 0. The fourth-order valence-corrected chi connectivity index (χ4v) is 2.77. The Bertz CT molecular complexity index is 444. The van der Waals surface area contributed by atoms with Gasteiger partial charge < -0.3 is 10.6 Å². The molecule has 1 saturated carbocycles. The summed E-state index contributed by atoms with van der Waals surface area (Å²) in [5.41, 5.74) is -0.159. The van der Waals surface area contributed by atoms with Gasteiger partial charge in [0.25, 0.3) is 0 Å². The molecule has 104 valence electrons. The van der Waals surface area contributed by atoms with Gasteiger partial charge in [0.15, 0.2) is 0 Å². The summed E-state index contributed by atoms with van der Waals surface area (Å²) in [6.07, 6.45) is 7.71. The molecule has 0 spiro atoms. The first-order chi connectivity index (χ1) is 9.15. The zero-order valence-electron chi connectivity index (χ0n) is 11.5. The van der Waals surface area contributed by atoms with E-state index in [9.17, 15) is 4.79 Å². The summed E-state index contributed by atoms with van der Waals surface area (Å²) < 4.78 is 1.85. The van der Waals surface area contributed by atoms with E-state index in [0.29, 0.717) is 5.41 Å². The monoisotopic (exact) mass is 262 g/mol. The van der Waals surface area contributed by atoms with E-state index < -0.39 is 5.54 Å². The van der Waals surface area contributed by atoms with Crippen LogP contribution in [0.25, 0.3) is 0 Å². The third-order valence-electron chi connectivity index (χ3n) is 4.58. The third kappa shape index (κ3) is 2.39. The number of rotatable bonds is 4. The Morgan fingerprint density at radius 3 is 2.68 bits per heavy atom. The minimum atomic E-state index is -0.500. The van der Waals surface area contributed by atoms with Crippen molar-refractivity contribution in [2.45, 2.75) is 38.1 Å². The molecule has 0 unspecified atom stereocenters. The lowest BCUT2D eigenvalue weighted by Crippen LogP contribution is -2.55. The largest absolute Gasteiger partial charge is 0.353 e. The second-order valence-corrected chi connectivity index (χ2v) is 6.23. The van der Waals surface area contributed by atoms with Crippen molar-refractivity contribution in [1.82, 2.24) is 20.4 Å². The Morgan fingerprint density at radius 2 is 2.11 bits per heavy atom. The molecular weight excluding hydrogens is 240 g/mol. The van der Waals surface area contributed by atoms with Gasteiger partial charge in [0, 0.05) is 18.9 Å². The van der Waals surface area contributed by atoms with E-state index in [-0.39, 0.29) is 5.91 Å². The number of piperidine rings is 1. The van der Waals surface area contributed by atoms with Crippen molar-refractivity contribution in [2.75, 3.05) is 19.6 Å². The summed E-state index contributed by atoms with van der Waals surface area (Å²) in [4.78, 5) is 12.7. The standard InChI is InChI=1S/C14H22N4O/c1-13(3-4-13)11-16-12(19)14(5-8-15-9-6-14)18-10-2-7-17-18/h2,7,10,15H,3-6,8-9,11H2,1H3,(H,16,19). The molecule has 1 saturated heterocycles. The van der Waals surface area contributed by atoms with Crippen LogP contribution in [-0.2, 0) is 10.3 Å². The second-order valence-electron chi connectivity index (χ2n) is 6.23. The lowest BCUT2D eigenvalue weighted by molar-refractivity contribution is -0.132. The van der Waals surface area contributed by atoms with Crippen LogP contribution in [0.1, 0.15) is 32.6 Å². The summed E-state index contributed by atoms with van der Waals surface area (Å²) in [6.45, 7) is 4.76. The molecule has 0 atom stereocenters. The number of nitrogens with one attached hydrogen (secondary N) is 2. The van der Waals surface area contributed by atoms with Gasteiger partial charge in [-0.15, -0.1) is 0 Å². The smallest absolute Gasteiger partial charge is 0.248 e. The lowest BCUT2D eigenvalue weighted by Gasteiger charge is -2.36. The first-order valence-electron chi connectivity index (χ1n) is 7.14.